The van der Waals surface area contributed by atoms with Gasteiger partial charge in [-0.2, -0.15) is 0 Å². The zero-order valence-electron chi connectivity index (χ0n) is 80.4. The fourth-order valence-corrected chi connectivity index (χ4v) is 16.3. The highest BCUT2D eigenvalue weighted by Crippen LogP contribution is 2.36. The van der Waals surface area contributed by atoms with Crippen LogP contribution < -0.4 is 31.9 Å². The van der Waals surface area contributed by atoms with Crippen LogP contribution in [0.5, 0.6) is 0 Å². The number of hydrogen-bond donors (Lipinski definition) is 31. The van der Waals surface area contributed by atoms with E-state index >= 15 is 4.39 Å². The van der Waals surface area contributed by atoms with E-state index in [1.807, 2.05) is 6.92 Å². The molecule has 57 nitrogen and oxygen atoms in total. The number of amides is 6. The van der Waals surface area contributed by atoms with Gasteiger partial charge < -0.3 is 235 Å². The van der Waals surface area contributed by atoms with Gasteiger partial charge in [0.15, 0.2) is 56.5 Å². The maximum Gasteiger partial charge on any atom is 0.234 e. The van der Waals surface area contributed by atoms with Gasteiger partial charge in [-0.3, -0.25) is 48.2 Å². The van der Waals surface area contributed by atoms with Crippen molar-refractivity contribution in [1.82, 2.24) is 41.7 Å². The van der Waals surface area contributed by atoms with E-state index in [9.17, 15) is 166 Å². The normalized spacial score (nSPS) is 37.3. The molecular weight excluding hydrogens is 1950 g/mol. The third kappa shape index (κ3) is 38.0. The molecule has 40 atom stereocenters. The van der Waals surface area contributed by atoms with Gasteiger partial charge in [-0.05, 0) is 59.8 Å². The van der Waals surface area contributed by atoms with Gasteiger partial charge in [-0.25, -0.2) is 4.39 Å². The Kier molecular flexibility index (Phi) is 55.4. The van der Waals surface area contributed by atoms with Crippen molar-refractivity contribution in [3.8, 4) is 0 Å². The minimum absolute atomic E-state index is 0.0571. The maximum absolute atomic E-state index is 16.2. The van der Waals surface area contributed by atoms with Crippen LogP contribution in [0.2, 0.25) is 0 Å². The van der Waals surface area contributed by atoms with Crippen molar-refractivity contribution in [3.63, 3.8) is 0 Å². The molecule has 8 rings (SSSR count). The van der Waals surface area contributed by atoms with Crippen LogP contribution in [0, 0.1) is 0 Å². The Morgan fingerprint density at radius 1 is 0.264 bits per heavy atom. The molecule has 8 aliphatic rings. The molecule has 8 saturated heterocycles. The number of ketones is 2. The Morgan fingerprint density at radius 3 is 0.931 bits per heavy atom. The Hall–Kier alpha value is -5.63. The van der Waals surface area contributed by atoms with Gasteiger partial charge in [-0.1, -0.05) is 19.3 Å². The molecular formula is C86H151FN8O49. The number of nitrogens with one attached hydrogen (secondary N) is 6. The number of aliphatic hydroxyl groups is 25. The molecule has 0 radical (unpaired) electrons. The van der Waals surface area contributed by atoms with Crippen molar-refractivity contribution < 1.29 is 246 Å². The van der Waals surface area contributed by atoms with E-state index in [2.05, 4.69) is 31.9 Å². The number of Topliss-reactive ketones (excluding diaryl/α,β-unsaturated/α-hetero) is 2. The van der Waals surface area contributed by atoms with Crippen molar-refractivity contribution in [3.05, 3.63) is 0 Å². The van der Waals surface area contributed by atoms with E-state index in [0.717, 1.165) is 0 Å². The van der Waals surface area contributed by atoms with Crippen LogP contribution >= 0.6 is 0 Å². The van der Waals surface area contributed by atoms with E-state index in [1.54, 1.807) is 6.92 Å². The molecule has 6 amide bonds. The highest BCUT2D eigenvalue weighted by molar-refractivity contribution is 5.86. The summed E-state index contributed by atoms with van der Waals surface area (Å²) in [6.45, 7) is -1.30. The Morgan fingerprint density at radius 2 is 0.549 bits per heavy atom. The van der Waals surface area contributed by atoms with Crippen LogP contribution in [-0.2, 0) is 114 Å². The highest BCUT2D eigenvalue weighted by Gasteiger charge is 2.56. The van der Waals surface area contributed by atoms with Crippen LogP contribution in [0.3, 0.4) is 0 Å². The number of ether oxygens (including phenoxy) is 16. The van der Waals surface area contributed by atoms with Crippen LogP contribution in [0.4, 0.5) is 4.39 Å². The monoisotopic (exact) mass is 2100 g/mol. The lowest BCUT2D eigenvalue weighted by Crippen LogP contribution is -2.65. The van der Waals surface area contributed by atoms with Gasteiger partial charge in [0.2, 0.25) is 35.4 Å². The smallest absolute Gasteiger partial charge is 0.234 e. The van der Waals surface area contributed by atoms with Crippen LogP contribution in [0.25, 0.3) is 0 Å². The fourth-order valence-electron chi connectivity index (χ4n) is 16.3. The molecule has 58 heteroatoms. The first-order valence-corrected chi connectivity index (χ1v) is 48.1. The van der Waals surface area contributed by atoms with Gasteiger partial charge in [0.1, 0.15) is 189 Å². The summed E-state index contributed by atoms with van der Waals surface area (Å²) in [6, 6.07) is 0. The summed E-state index contributed by atoms with van der Waals surface area (Å²) in [6.07, 6.45) is -62.0. The molecule has 8 aliphatic heterocycles. The molecule has 0 spiro atoms. The predicted molar refractivity (Wildman–Crippen MR) is 473 cm³/mol. The van der Waals surface area contributed by atoms with Crippen molar-refractivity contribution in [2.45, 2.75) is 350 Å². The molecule has 0 aromatic carbocycles. The number of nitrogens with zero attached hydrogens (tertiary/aromatic N) is 2. The Labute approximate surface area is 827 Å². The maximum atomic E-state index is 16.2. The lowest BCUT2D eigenvalue weighted by atomic mass is 9.96. The second-order valence-electron chi connectivity index (χ2n) is 36.0. The van der Waals surface area contributed by atoms with Crippen molar-refractivity contribution in [2.24, 2.45) is 0 Å². The van der Waals surface area contributed by atoms with Gasteiger partial charge in [0.05, 0.1) is 118 Å². The summed E-state index contributed by atoms with van der Waals surface area (Å²) in [5, 5.41) is 272. The van der Waals surface area contributed by atoms with E-state index < -0.39 is 348 Å². The number of halogens is 1. The summed E-state index contributed by atoms with van der Waals surface area (Å²) < 4.78 is 104. The largest absolute Gasteiger partial charge is 0.394 e. The lowest BCUT2D eigenvalue weighted by molar-refractivity contribution is -0.366. The lowest BCUT2D eigenvalue weighted by Gasteiger charge is -2.46. The first kappa shape index (κ1) is 125. The second kappa shape index (κ2) is 63.6. The average molecular weight is 2100 g/mol. The van der Waals surface area contributed by atoms with Gasteiger partial charge >= 0.3 is 0 Å². The van der Waals surface area contributed by atoms with Crippen LogP contribution in [-0.4, -0.2) is 575 Å². The molecule has 0 bridgehead atoms. The minimum atomic E-state index is -2.44. The first-order valence-electron chi connectivity index (χ1n) is 48.1. The molecule has 8 fully saturated rings. The number of aliphatic hydroxyl groups excluding tert-OH is 25. The van der Waals surface area contributed by atoms with Gasteiger partial charge in [0, 0.05) is 65.0 Å². The number of rotatable bonds is 58. The molecule has 0 aliphatic carbocycles. The summed E-state index contributed by atoms with van der Waals surface area (Å²) in [4.78, 5) is 105. The van der Waals surface area contributed by atoms with Gasteiger partial charge in [-0.15, -0.1) is 0 Å². The zero-order chi connectivity index (χ0) is 106. The average Bonchev–Trinajstić information content (AvgIpc) is 0.786. The molecule has 0 aromatic heterocycles. The van der Waals surface area contributed by atoms with Crippen molar-refractivity contribution in [1.29, 1.82) is 0 Å². The number of carbonyl (C=O) groups excluding carboxylic acids is 8. The topological polar surface area (TPSA) is 869 Å². The summed E-state index contributed by atoms with van der Waals surface area (Å²) in [7, 11) is 0. The summed E-state index contributed by atoms with van der Waals surface area (Å²) >= 11 is 0. The standard InChI is InChI=1S/C44H77N3O25.C42H74FN5O24/c1-3-45-27(52)11-7-5-4-6-9-22(50)15-47(16-23(51)10-8-13-65-41-36(61)33(58)29(54)21(2)68-41)17-28(53)46-12-14-66-43-39(64)40(72-44-38(63)35(60)31(56)25(19-49)70-44)32(57)26(71-43)20-67-42-37(62)34(59)30(55)24(18-48)69-42;1-3-44-23(51)7-5-4-6-8-45-24(52)13-48(15-26(54)47-10-12-66-40-35(62)32(59)28(55)19(2)68-40)14-25(53)46-9-11-65-39-27(43)38(72-42-37(64)34(61)30(57)21(17-50)70-42)31(58)22(71-39)18-67-41-36(63)33(60)29(56)20(16-49)69-41/h21,24-26,29-44,48-49,54-64H,3-20H2,1-2H3,(H,45,52)(H,46,53);19-22,27-42,49-50,55-64H,3-18H2,1-2H3,(H,44,51)(H,45,52)(H,46,53)(H,47,54)/t21-,24+,25+,26+,29+,30+,31+,32+,33+,34-,35-,36-,37-,38-,39+,40-,41+,42-,43+,44+;19-,20+,21+,22+,27+,28+,29+,30+,31+,32+,33-,34-,35-,36-,37-,38+,39+,40+,41-,42+/m00/s1. The minimum Gasteiger partial charge on any atom is -0.394 e. The predicted octanol–water partition coefficient (Wildman–Crippen LogP) is -17.3. The quantitative estimate of drug-likeness (QED) is 0.0251. The number of carbonyl (C=O) groups is 8. The summed E-state index contributed by atoms with van der Waals surface area (Å²) in [5.74, 6) is -3.34. The van der Waals surface area contributed by atoms with E-state index in [1.165, 1.54) is 23.6 Å². The van der Waals surface area contributed by atoms with Crippen LogP contribution in [0.15, 0.2) is 0 Å². The van der Waals surface area contributed by atoms with Gasteiger partial charge in [0.25, 0.3) is 0 Å². The van der Waals surface area contributed by atoms with E-state index in [0.29, 0.717) is 70.9 Å². The van der Waals surface area contributed by atoms with Crippen LogP contribution in [0.1, 0.15) is 105 Å². The molecule has 0 saturated carbocycles. The number of hydrogen-bond acceptors (Lipinski definition) is 51. The molecule has 8 heterocycles. The summed E-state index contributed by atoms with van der Waals surface area (Å²) in [5.41, 5.74) is 0. The van der Waals surface area contributed by atoms with Crippen molar-refractivity contribution >= 4 is 47.0 Å². The molecule has 31 N–H and O–H groups in total. The fraction of sp³-hybridized carbons (Fsp3) is 0.907. The SMILES string of the molecule is CCNC(=O)CCCCCCC(=O)CN(CC(=O)CCCO[C@@H]1O[C@@H](C)[C@@H](O)[C@@H](O)[C@@H]1O)CC(=O)NCCO[C@@H]1O[C@H](CO[C@H]2O[C@H](CO)[C@@H](O)[C@H](O)[C@@H]2O)[C@@H](O)[C@H](O[C@H]2O[C@H](CO)[C@@H](O)[C@H](O)[C@@H]2O)[C@H]1O.CCNC(=O)CCCCCNC(=O)CN(CC(=O)NCCO[C@@H]1O[C@@H](C)[C@@H](O)[C@@H](O)[C@@H]1O)CC(=O)NCCO[C@@H]1O[C@H](CO[C@H]2O[C@H](CO)[C@@H](O)[C@H](O)[C@@H]2O)[C@@H](O)[C@H](O[C@H]2O[C@H](CO)[C@@H](O)[C@H](O)[C@@H]2O)[C@H]1F. The molecule has 0 aromatic rings. The molecule has 0 unspecified atom stereocenters. The first-order chi connectivity index (χ1) is 68.4. The Bertz CT molecular complexity index is 3520. The van der Waals surface area contributed by atoms with E-state index in [4.69, 9.17) is 75.8 Å². The molecule has 836 valence electrons. The van der Waals surface area contributed by atoms with E-state index in [-0.39, 0.29) is 95.1 Å². The molecule has 144 heavy (non-hydrogen) atoms. The third-order valence-electron chi connectivity index (χ3n) is 24.7. The third-order valence-corrected chi connectivity index (χ3v) is 24.7. The van der Waals surface area contributed by atoms with Crippen molar-refractivity contribution in [2.75, 3.05) is 145 Å². The number of alkyl halides is 1. The Balaban J connectivity index is 0.000000391. The highest BCUT2D eigenvalue weighted by atomic mass is 19.1. The number of unbranched alkanes of at least 4 members (excludes halogenated alkanes) is 5. The second-order valence-corrected chi connectivity index (χ2v) is 36.0. The zero-order valence-corrected chi connectivity index (χ0v) is 80.4.